The van der Waals surface area contributed by atoms with Gasteiger partial charge in [-0.2, -0.15) is 0 Å². The molecule has 0 radical (unpaired) electrons. The summed E-state index contributed by atoms with van der Waals surface area (Å²) < 4.78 is 7.72. The van der Waals surface area contributed by atoms with Gasteiger partial charge in [-0.3, -0.25) is 4.79 Å². The number of nitrogens with one attached hydrogen (secondary N) is 1. The van der Waals surface area contributed by atoms with Gasteiger partial charge in [0.05, 0.1) is 18.6 Å². The molecule has 2 aromatic carbocycles. The first-order valence-corrected chi connectivity index (χ1v) is 8.03. The quantitative estimate of drug-likeness (QED) is 0.672. The molecule has 0 saturated carbocycles. The first kappa shape index (κ1) is 16.5. The minimum atomic E-state index is -0.200. The molecule has 25 heavy (non-hydrogen) atoms. The van der Waals surface area contributed by atoms with Gasteiger partial charge in [-0.05, 0) is 23.8 Å². The lowest BCUT2D eigenvalue weighted by atomic mass is 10.2. The molecule has 3 aromatic rings. The van der Waals surface area contributed by atoms with Crippen LogP contribution in [0.3, 0.4) is 0 Å². The van der Waals surface area contributed by atoms with E-state index in [2.05, 4.69) is 10.3 Å². The number of ether oxygens (including phenoxy) is 1. The van der Waals surface area contributed by atoms with Crippen molar-refractivity contribution in [1.29, 1.82) is 0 Å². The molecule has 0 fully saturated rings. The molecule has 0 bridgehead atoms. The zero-order valence-corrected chi connectivity index (χ0v) is 13.7. The molecule has 0 aliphatic carbocycles. The van der Waals surface area contributed by atoms with Crippen molar-refractivity contribution in [3.63, 3.8) is 0 Å². The van der Waals surface area contributed by atoms with Crippen molar-refractivity contribution < 1.29 is 9.53 Å². The van der Waals surface area contributed by atoms with Crippen molar-refractivity contribution in [3.8, 4) is 5.75 Å². The standard InChI is InChI=1S/C20H19N3O2/c24-20(11-10-17-6-2-1-3-7-17)22-18-8-4-5-9-19(18)25-15-14-23-13-12-21-16-23/h1-13,16H,14-15H2,(H,22,24)/b11-10+. The zero-order valence-electron chi connectivity index (χ0n) is 13.7. The average molecular weight is 333 g/mol. The summed E-state index contributed by atoms with van der Waals surface area (Å²) in [7, 11) is 0. The van der Waals surface area contributed by atoms with Crippen LogP contribution in [-0.4, -0.2) is 22.1 Å². The lowest BCUT2D eigenvalue weighted by molar-refractivity contribution is -0.111. The molecule has 0 aliphatic rings. The molecule has 126 valence electrons. The first-order valence-electron chi connectivity index (χ1n) is 8.03. The second kappa shape index (κ2) is 8.49. The summed E-state index contributed by atoms with van der Waals surface area (Å²) in [6, 6.07) is 17.1. The van der Waals surface area contributed by atoms with Gasteiger partial charge >= 0.3 is 0 Å². The van der Waals surface area contributed by atoms with Crippen molar-refractivity contribution >= 4 is 17.7 Å². The summed E-state index contributed by atoms with van der Waals surface area (Å²) >= 11 is 0. The lowest BCUT2D eigenvalue weighted by Crippen LogP contribution is -2.11. The third kappa shape index (κ3) is 5.07. The smallest absolute Gasteiger partial charge is 0.248 e. The predicted molar refractivity (Wildman–Crippen MR) is 98.3 cm³/mol. The summed E-state index contributed by atoms with van der Waals surface area (Å²) in [5, 5.41) is 2.85. The number of benzene rings is 2. The molecule has 5 heteroatoms. The Morgan fingerprint density at radius 1 is 1.12 bits per heavy atom. The van der Waals surface area contributed by atoms with E-state index in [0.717, 1.165) is 5.56 Å². The number of carbonyl (C=O) groups is 1. The van der Waals surface area contributed by atoms with E-state index in [0.29, 0.717) is 24.6 Å². The normalized spacial score (nSPS) is 10.7. The van der Waals surface area contributed by atoms with E-state index < -0.39 is 0 Å². The number of rotatable bonds is 7. The van der Waals surface area contributed by atoms with Crippen LogP contribution in [0.2, 0.25) is 0 Å². The molecule has 1 N–H and O–H groups in total. The summed E-state index contributed by atoms with van der Waals surface area (Å²) in [6.45, 7) is 1.18. The fraction of sp³-hybridized carbons (Fsp3) is 0.100. The minimum Gasteiger partial charge on any atom is -0.490 e. The molecule has 0 aliphatic heterocycles. The van der Waals surface area contributed by atoms with Gasteiger partial charge in [0.1, 0.15) is 12.4 Å². The first-order chi connectivity index (χ1) is 12.3. The second-order valence-electron chi connectivity index (χ2n) is 5.38. The number of aromatic nitrogens is 2. The van der Waals surface area contributed by atoms with Crippen LogP contribution in [0.5, 0.6) is 5.75 Å². The number of carbonyl (C=O) groups excluding carboxylic acids is 1. The van der Waals surface area contributed by atoms with E-state index in [1.807, 2.05) is 65.4 Å². The molecule has 1 aromatic heterocycles. The van der Waals surface area contributed by atoms with Crippen LogP contribution in [0.4, 0.5) is 5.69 Å². The van der Waals surface area contributed by atoms with E-state index in [1.165, 1.54) is 6.08 Å². The Morgan fingerprint density at radius 3 is 2.72 bits per heavy atom. The van der Waals surface area contributed by atoms with Gasteiger partial charge in [-0.15, -0.1) is 0 Å². The number of hydrogen-bond donors (Lipinski definition) is 1. The minimum absolute atomic E-state index is 0.200. The Bertz CT molecular complexity index is 827. The Kier molecular flexibility index (Phi) is 5.61. The number of anilines is 1. The van der Waals surface area contributed by atoms with E-state index in [-0.39, 0.29) is 5.91 Å². The van der Waals surface area contributed by atoms with E-state index >= 15 is 0 Å². The van der Waals surface area contributed by atoms with Gasteiger partial charge < -0.3 is 14.6 Å². The fourth-order valence-electron chi connectivity index (χ4n) is 2.29. The highest BCUT2D eigenvalue weighted by atomic mass is 16.5. The van der Waals surface area contributed by atoms with Crippen molar-refractivity contribution in [1.82, 2.24) is 9.55 Å². The van der Waals surface area contributed by atoms with Crippen molar-refractivity contribution in [2.75, 3.05) is 11.9 Å². The number of hydrogen-bond acceptors (Lipinski definition) is 3. The number of para-hydroxylation sites is 2. The highest BCUT2D eigenvalue weighted by Gasteiger charge is 2.05. The summed E-state index contributed by atoms with van der Waals surface area (Å²) in [5.41, 5.74) is 1.62. The molecule has 1 amide bonds. The number of amides is 1. The molecule has 1 heterocycles. The summed E-state index contributed by atoms with van der Waals surface area (Å²) in [6.07, 6.45) is 8.64. The molecule has 0 saturated heterocycles. The van der Waals surface area contributed by atoms with Gasteiger partial charge in [-0.1, -0.05) is 42.5 Å². The van der Waals surface area contributed by atoms with Crippen LogP contribution in [0.25, 0.3) is 6.08 Å². The SMILES string of the molecule is O=C(/C=C/c1ccccc1)Nc1ccccc1OCCn1ccnc1. The molecule has 0 unspecified atom stereocenters. The highest BCUT2D eigenvalue weighted by Crippen LogP contribution is 2.23. The molecule has 5 nitrogen and oxygen atoms in total. The predicted octanol–water partition coefficient (Wildman–Crippen LogP) is 3.61. The topological polar surface area (TPSA) is 56.1 Å². The van der Waals surface area contributed by atoms with Gasteiger partial charge in [0.15, 0.2) is 0 Å². The Labute approximate surface area is 146 Å². The van der Waals surface area contributed by atoms with Crippen LogP contribution in [0, 0.1) is 0 Å². The molecular weight excluding hydrogens is 314 g/mol. The van der Waals surface area contributed by atoms with Crippen LogP contribution < -0.4 is 10.1 Å². The van der Waals surface area contributed by atoms with E-state index in [9.17, 15) is 4.79 Å². The number of nitrogens with zero attached hydrogens (tertiary/aromatic N) is 2. The maximum absolute atomic E-state index is 12.1. The van der Waals surface area contributed by atoms with Crippen molar-refractivity contribution in [3.05, 3.63) is 85.0 Å². The van der Waals surface area contributed by atoms with Crippen LogP contribution in [0.15, 0.2) is 79.4 Å². The van der Waals surface area contributed by atoms with Crippen LogP contribution in [-0.2, 0) is 11.3 Å². The molecule has 0 spiro atoms. The lowest BCUT2D eigenvalue weighted by Gasteiger charge is -2.11. The van der Waals surface area contributed by atoms with Gasteiger partial charge in [-0.25, -0.2) is 4.98 Å². The van der Waals surface area contributed by atoms with Crippen LogP contribution >= 0.6 is 0 Å². The van der Waals surface area contributed by atoms with Crippen molar-refractivity contribution in [2.24, 2.45) is 0 Å². The third-order valence-electron chi connectivity index (χ3n) is 3.54. The molecular formula is C20H19N3O2. The highest BCUT2D eigenvalue weighted by molar-refractivity contribution is 6.02. The zero-order chi connectivity index (χ0) is 17.3. The molecule has 0 atom stereocenters. The van der Waals surface area contributed by atoms with Gasteiger partial charge in [0, 0.05) is 18.5 Å². The largest absolute Gasteiger partial charge is 0.490 e. The Morgan fingerprint density at radius 2 is 1.92 bits per heavy atom. The monoisotopic (exact) mass is 333 g/mol. The van der Waals surface area contributed by atoms with E-state index in [1.54, 1.807) is 18.6 Å². The maximum Gasteiger partial charge on any atom is 0.248 e. The maximum atomic E-state index is 12.1. The molecule has 3 rings (SSSR count). The Balaban J connectivity index is 1.58. The van der Waals surface area contributed by atoms with Crippen molar-refractivity contribution in [2.45, 2.75) is 6.54 Å². The van der Waals surface area contributed by atoms with Gasteiger partial charge in [0.2, 0.25) is 5.91 Å². The average Bonchev–Trinajstić information content (AvgIpc) is 3.16. The second-order valence-corrected chi connectivity index (χ2v) is 5.38. The van der Waals surface area contributed by atoms with E-state index in [4.69, 9.17) is 4.74 Å². The Hall–Kier alpha value is -3.34. The van der Waals surface area contributed by atoms with Crippen LogP contribution in [0.1, 0.15) is 5.56 Å². The third-order valence-corrected chi connectivity index (χ3v) is 3.54. The summed E-state index contributed by atoms with van der Waals surface area (Å²) in [5.74, 6) is 0.443. The number of imidazole rings is 1. The summed E-state index contributed by atoms with van der Waals surface area (Å²) in [4.78, 5) is 16.1. The van der Waals surface area contributed by atoms with Gasteiger partial charge in [0.25, 0.3) is 0 Å². The fourth-order valence-corrected chi connectivity index (χ4v) is 2.29.